The molecule has 0 spiro atoms. The van der Waals surface area contributed by atoms with Gasteiger partial charge in [0.15, 0.2) is 0 Å². The Morgan fingerprint density at radius 1 is 1.32 bits per heavy atom. The predicted octanol–water partition coefficient (Wildman–Crippen LogP) is 4.10. The van der Waals surface area contributed by atoms with Crippen molar-refractivity contribution in [2.45, 2.75) is 6.92 Å². The van der Waals surface area contributed by atoms with E-state index < -0.39 is 0 Å². The van der Waals surface area contributed by atoms with Gasteiger partial charge in [-0.25, -0.2) is 4.39 Å². The van der Waals surface area contributed by atoms with Crippen LogP contribution in [0.15, 0.2) is 40.2 Å². The fourth-order valence-electron chi connectivity index (χ4n) is 2.04. The maximum absolute atomic E-state index is 13.2. The number of aryl methyl sites for hydroxylation is 1. The summed E-state index contributed by atoms with van der Waals surface area (Å²) in [6.07, 6.45) is 0. The number of nitrogens with two attached hydrogens (primary N) is 1. The van der Waals surface area contributed by atoms with Crippen LogP contribution in [0.25, 0.3) is 21.7 Å². The third-order valence-corrected chi connectivity index (χ3v) is 3.82. The fraction of sp³-hybridized carbons (Fsp3) is 0.0714. The molecule has 0 saturated heterocycles. The summed E-state index contributed by atoms with van der Waals surface area (Å²) in [7, 11) is 0. The highest BCUT2D eigenvalue weighted by molar-refractivity contribution is 7.13. The summed E-state index contributed by atoms with van der Waals surface area (Å²) in [5.41, 5.74) is 8.89. The van der Waals surface area contributed by atoms with Crippen molar-refractivity contribution in [1.82, 2.24) is 5.16 Å². The summed E-state index contributed by atoms with van der Waals surface area (Å²) in [6, 6.07) is 8.46. The maximum atomic E-state index is 13.2. The Hall–Kier alpha value is -2.14. The minimum absolute atomic E-state index is 0.268. The van der Waals surface area contributed by atoms with Crippen LogP contribution < -0.4 is 5.73 Å². The molecule has 0 amide bonds. The van der Waals surface area contributed by atoms with Crippen LogP contribution >= 0.6 is 11.3 Å². The maximum Gasteiger partial charge on any atom is 0.231 e. The number of hydrogen-bond acceptors (Lipinski definition) is 4. The fourth-order valence-corrected chi connectivity index (χ4v) is 2.81. The van der Waals surface area contributed by atoms with Gasteiger partial charge in [-0.05, 0) is 42.1 Å². The average Bonchev–Trinajstić information content (AvgIpc) is 2.98. The van der Waals surface area contributed by atoms with E-state index in [1.165, 1.54) is 12.1 Å². The standard InChI is InChI=1S/C14H11FN2OS/c1-8-7-9(15)4-5-10(8)13-12(14(16)18-17-13)11-3-2-6-19-11/h2-7H,16H2,1H3. The molecule has 5 heteroatoms. The van der Waals surface area contributed by atoms with Gasteiger partial charge in [0.2, 0.25) is 5.88 Å². The minimum atomic E-state index is -0.268. The highest BCUT2D eigenvalue weighted by atomic mass is 32.1. The lowest BCUT2D eigenvalue weighted by Crippen LogP contribution is -1.89. The molecule has 0 bridgehead atoms. The zero-order valence-electron chi connectivity index (χ0n) is 10.2. The van der Waals surface area contributed by atoms with Crippen molar-refractivity contribution >= 4 is 17.2 Å². The molecule has 3 nitrogen and oxygen atoms in total. The molecule has 96 valence electrons. The molecule has 0 saturated carbocycles. The monoisotopic (exact) mass is 274 g/mol. The van der Waals surface area contributed by atoms with Gasteiger partial charge in [-0.15, -0.1) is 11.3 Å². The van der Waals surface area contributed by atoms with E-state index in [9.17, 15) is 4.39 Å². The molecule has 0 radical (unpaired) electrons. The molecule has 1 aromatic carbocycles. The molecule has 0 fully saturated rings. The molecule has 0 atom stereocenters. The van der Waals surface area contributed by atoms with Gasteiger partial charge in [-0.3, -0.25) is 0 Å². The summed E-state index contributed by atoms with van der Waals surface area (Å²) < 4.78 is 18.3. The Balaban J connectivity index is 2.21. The van der Waals surface area contributed by atoms with Crippen LogP contribution in [-0.4, -0.2) is 5.16 Å². The van der Waals surface area contributed by atoms with Gasteiger partial charge in [0.1, 0.15) is 11.5 Å². The van der Waals surface area contributed by atoms with E-state index in [2.05, 4.69) is 5.16 Å². The van der Waals surface area contributed by atoms with E-state index in [0.717, 1.165) is 21.6 Å². The lowest BCUT2D eigenvalue weighted by molar-refractivity contribution is 0.439. The molecular weight excluding hydrogens is 263 g/mol. The number of nitrogen functional groups attached to an aromatic ring is 1. The van der Waals surface area contributed by atoms with E-state index in [-0.39, 0.29) is 11.7 Å². The molecular formula is C14H11FN2OS. The van der Waals surface area contributed by atoms with E-state index in [0.29, 0.717) is 5.69 Å². The lowest BCUT2D eigenvalue weighted by Gasteiger charge is -2.04. The first kappa shape index (κ1) is 11.9. The lowest BCUT2D eigenvalue weighted by atomic mass is 10.0. The Kier molecular flexibility index (Phi) is 2.83. The second kappa shape index (κ2) is 4.51. The van der Waals surface area contributed by atoms with E-state index >= 15 is 0 Å². The van der Waals surface area contributed by atoms with Crippen molar-refractivity contribution in [2.75, 3.05) is 5.73 Å². The van der Waals surface area contributed by atoms with Gasteiger partial charge in [-0.1, -0.05) is 11.2 Å². The normalized spacial score (nSPS) is 10.8. The van der Waals surface area contributed by atoms with Gasteiger partial charge < -0.3 is 10.3 Å². The van der Waals surface area contributed by atoms with Gasteiger partial charge in [0.05, 0.1) is 5.56 Å². The molecule has 19 heavy (non-hydrogen) atoms. The minimum Gasteiger partial charge on any atom is -0.367 e. The number of thiophene rings is 1. The molecule has 3 rings (SSSR count). The first-order chi connectivity index (χ1) is 9.16. The SMILES string of the molecule is Cc1cc(F)ccc1-c1noc(N)c1-c1cccs1. The summed E-state index contributed by atoms with van der Waals surface area (Å²) >= 11 is 1.56. The Morgan fingerprint density at radius 2 is 2.16 bits per heavy atom. The van der Waals surface area contributed by atoms with Gasteiger partial charge >= 0.3 is 0 Å². The van der Waals surface area contributed by atoms with E-state index in [1.807, 2.05) is 24.4 Å². The number of rotatable bonds is 2. The van der Waals surface area contributed by atoms with Crippen molar-refractivity contribution in [3.63, 3.8) is 0 Å². The van der Waals surface area contributed by atoms with Crippen molar-refractivity contribution in [3.05, 3.63) is 47.1 Å². The first-order valence-corrected chi connectivity index (χ1v) is 6.60. The number of hydrogen-bond donors (Lipinski definition) is 1. The smallest absolute Gasteiger partial charge is 0.231 e. The number of halogens is 1. The predicted molar refractivity (Wildman–Crippen MR) is 74.4 cm³/mol. The summed E-state index contributed by atoms with van der Waals surface area (Å²) in [5.74, 6) is 0.0107. The van der Waals surface area contributed by atoms with Crippen LogP contribution in [0.2, 0.25) is 0 Å². The zero-order chi connectivity index (χ0) is 13.4. The first-order valence-electron chi connectivity index (χ1n) is 5.72. The molecule has 2 N–H and O–H groups in total. The van der Waals surface area contributed by atoms with Gasteiger partial charge in [0, 0.05) is 10.4 Å². The van der Waals surface area contributed by atoms with Crippen molar-refractivity contribution < 1.29 is 8.91 Å². The van der Waals surface area contributed by atoms with Crippen molar-refractivity contribution in [3.8, 4) is 21.7 Å². The molecule has 0 aliphatic heterocycles. The topological polar surface area (TPSA) is 52.0 Å². The van der Waals surface area contributed by atoms with Gasteiger partial charge in [0.25, 0.3) is 0 Å². The summed E-state index contributed by atoms with van der Waals surface area (Å²) in [6.45, 7) is 1.83. The summed E-state index contributed by atoms with van der Waals surface area (Å²) in [5, 5.41) is 5.98. The van der Waals surface area contributed by atoms with Crippen molar-refractivity contribution in [1.29, 1.82) is 0 Å². The number of aromatic nitrogens is 1. The molecule has 0 aliphatic carbocycles. The molecule has 3 aromatic rings. The number of nitrogens with zero attached hydrogens (tertiary/aromatic N) is 1. The molecule has 0 unspecified atom stereocenters. The van der Waals surface area contributed by atoms with Crippen molar-refractivity contribution in [2.24, 2.45) is 0 Å². The van der Waals surface area contributed by atoms with Crippen LogP contribution in [0.4, 0.5) is 10.3 Å². The Labute approximate surface area is 113 Å². The number of benzene rings is 1. The largest absolute Gasteiger partial charge is 0.367 e. The highest BCUT2D eigenvalue weighted by Crippen LogP contribution is 2.39. The van der Waals surface area contributed by atoms with Crippen LogP contribution in [-0.2, 0) is 0 Å². The zero-order valence-corrected chi connectivity index (χ0v) is 11.0. The molecule has 2 heterocycles. The van der Waals surface area contributed by atoms with Gasteiger partial charge in [-0.2, -0.15) is 0 Å². The Bertz CT molecular complexity index is 719. The Morgan fingerprint density at radius 3 is 2.84 bits per heavy atom. The van der Waals surface area contributed by atoms with Crippen LogP contribution in [0, 0.1) is 12.7 Å². The van der Waals surface area contributed by atoms with Crippen LogP contribution in [0.5, 0.6) is 0 Å². The average molecular weight is 274 g/mol. The molecule has 0 aliphatic rings. The molecule has 2 aromatic heterocycles. The van der Waals surface area contributed by atoms with Crippen LogP contribution in [0.3, 0.4) is 0 Å². The number of anilines is 1. The quantitative estimate of drug-likeness (QED) is 0.765. The second-order valence-electron chi connectivity index (χ2n) is 4.21. The second-order valence-corrected chi connectivity index (χ2v) is 5.15. The highest BCUT2D eigenvalue weighted by Gasteiger charge is 2.19. The van der Waals surface area contributed by atoms with Crippen LogP contribution in [0.1, 0.15) is 5.56 Å². The summed E-state index contributed by atoms with van der Waals surface area (Å²) in [4.78, 5) is 0.984. The third-order valence-electron chi connectivity index (χ3n) is 2.93. The van der Waals surface area contributed by atoms with E-state index in [1.54, 1.807) is 17.4 Å². The third kappa shape index (κ3) is 2.02. The van der Waals surface area contributed by atoms with E-state index in [4.69, 9.17) is 10.3 Å².